The maximum Gasteiger partial charge on any atom is 0.304 e. The zero-order valence-corrected chi connectivity index (χ0v) is 9.01. The number of carbonyl (C=O) groups is 2. The van der Waals surface area contributed by atoms with Gasteiger partial charge in [0.2, 0.25) is 5.91 Å². The number of carbonyl (C=O) groups excluding carboxylic acids is 1. The molecule has 1 amide bonds. The number of amides is 1. The van der Waals surface area contributed by atoms with E-state index in [1.54, 1.807) is 31.5 Å². The van der Waals surface area contributed by atoms with E-state index in [2.05, 4.69) is 10.3 Å². The lowest BCUT2D eigenvalue weighted by molar-refractivity contribution is -0.140. The van der Waals surface area contributed by atoms with Gasteiger partial charge in [-0.2, -0.15) is 0 Å². The van der Waals surface area contributed by atoms with Crippen molar-refractivity contribution in [2.45, 2.75) is 19.9 Å². The van der Waals surface area contributed by atoms with Crippen LogP contribution in [0.25, 0.3) is 0 Å². The highest BCUT2D eigenvalue weighted by Gasteiger charge is 2.15. The van der Waals surface area contributed by atoms with E-state index >= 15 is 0 Å². The van der Waals surface area contributed by atoms with Crippen molar-refractivity contribution in [2.75, 3.05) is 0 Å². The van der Waals surface area contributed by atoms with Gasteiger partial charge in [0.15, 0.2) is 0 Å². The van der Waals surface area contributed by atoms with Crippen LogP contribution in [-0.2, 0) is 16.1 Å². The van der Waals surface area contributed by atoms with Crippen molar-refractivity contribution in [1.29, 1.82) is 0 Å². The van der Waals surface area contributed by atoms with Gasteiger partial charge in [-0.15, -0.1) is 0 Å². The fourth-order valence-corrected chi connectivity index (χ4v) is 1.22. The number of aliphatic carboxylic acids is 1. The van der Waals surface area contributed by atoms with Crippen LogP contribution >= 0.6 is 0 Å². The predicted octanol–water partition coefficient (Wildman–Crippen LogP) is 0.809. The van der Waals surface area contributed by atoms with Crippen molar-refractivity contribution >= 4 is 11.9 Å². The fraction of sp³-hybridized carbons (Fsp3) is 0.364. The molecule has 0 aromatic carbocycles. The van der Waals surface area contributed by atoms with Crippen molar-refractivity contribution in [2.24, 2.45) is 5.92 Å². The molecule has 2 N–H and O–H groups in total. The van der Waals surface area contributed by atoms with Crippen LogP contribution in [0.2, 0.25) is 0 Å². The molecule has 1 aromatic rings. The lowest BCUT2D eigenvalue weighted by Crippen LogP contribution is -2.30. The van der Waals surface area contributed by atoms with Gasteiger partial charge in [0.25, 0.3) is 0 Å². The van der Waals surface area contributed by atoms with Gasteiger partial charge in [-0.3, -0.25) is 14.6 Å². The molecule has 0 aliphatic rings. The molecule has 0 saturated heterocycles. The van der Waals surface area contributed by atoms with Crippen molar-refractivity contribution in [3.05, 3.63) is 30.1 Å². The van der Waals surface area contributed by atoms with Crippen LogP contribution in [0, 0.1) is 5.92 Å². The number of pyridine rings is 1. The van der Waals surface area contributed by atoms with E-state index < -0.39 is 11.9 Å². The third-order valence-corrected chi connectivity index (χ3v) is 2.14. The summed E-state index contributed by atoms with van der Waals surface area (Å²) in [6.07, 6.45) is 3.13. The number of hydrogen-bond acceptors (Lipinski definition) is 3. The van der Waals surface area contributed by atoms with E-state index in [0.29, 0.717) is 6.54 Å². The molecule has 0 spiro atoms. The number of carboxylic acids is 1. The Morgan fingerprint density at radius 2 is 2.06 bits per heavy atom. The number of nitrogens with one attached hydrogen (secondary N) is 1. The second-order valence-corrected chi connectivity index (χ2v) is 3.57. The average Bonchev–Trinajstić information content (AvgIpc) is 2.26. The summed E-state index contributed by atoms with van der Waals surface area (Å²) in [5.41, 5.74) is 0.936. The molecule has 0 saturated carbocycles. The van der Waals surface area contributed by atoms with Crippen LogP contribution in [0.5, 0.6) is 0 Å². The maximum atomic E-state index is 11.5. The van der Waals surface area contributed by atoms with Gasteiger partial charge < -0.3 is 10.4 Å². The van der Waals surface area contributed by atoms with Crippen molar-refractivity contribution in [3.8, 4) is 0 Å². The molecule has 0 bridgehead atoms. The molecule has 1 aromatic heterocycles. The summed E-state index contributed by atoms with van der Waals surface area (Å²) in [5, 5.41) is 11.2. The van der Waals surface area contributed by atoms with Crippen LogP contribution in [0.1, 0.15) is 18.9 Å². The summed E-state index contributed by atoms with van der Waals surface area (Å²) >= 11 is 0. The summed E-state index contributed by atoms with van der Waals surface area (Å²) in [4.78, 5) is 25.7. The lowest BCUT2D eigenvalue weighted by Gasteiger charge is -2.09. The minimum atomic E-state index is -0.966. The van der Waals surface area contributed by atoms with Crippen LogP contribution in [0.3, 0.4) is 0 Å². The Morgan fingerprint density at radius 3 is 2.62 bits per heavy atom. The first-order chi connectivity index (χ1) is 7.59. The molecule has 1 heterocycles. The highest BCUT2D eigenvalue weighted by atomic mass is 16.4. The summed E-state index contributed by atoms with van der Waals surface area (Å²) in [6, 6.07) is 3.59. The van der Waals surface area contributed by atoms with E-state index in [9.17, 15) is 9.59 Å². The topological polar surface area (TPSA) is 79.3 Å². The summed E-state index contributed by atoms with van der Waals surface area (Å²) in [5.74, 6) is -1.73. The highest BCUT2D eigenvalue weighted by molar-refractivity contribution is 5.82. The minimum absolute atomic E-state index is 0.151. The Bertz CT molecular complexity index is 365. The second-order valence-electron chi connectivity index (χ2n) is 3.57. The summed E-state index contributed by atoms with van der Waals surface area (Å²) < 4.78 is 0. The molecule has 16 heavy (non-hydrogen) atoms. The van der Waals surface area contributed by atoms with Crippen LogP contribution in [0.15, 0.2) is 24.5 Å². The molecular formula is C11H14N2O3. The third-order valence-electron chi connectivity index (χ3n) is 2.14. The molecule has 5 heteroatoms. The number of nitrogens with zero attached hydrogens (tertiary/aromatic N) is 1. The number of rotatable bonds is 5. The molecule has 1 atom stereocenters. The lowest BCUT2D eigenvalue weighted by atomic mass is 10.1. The molecular weight excluding hydrogens is 208 g/mol. The average molecular weight is 222 g/mol. The van der Waals surface area contributed by atoms with Crippen LogP contribution in [0.4, 0.5) is 0 Å². The van der Waals surface area contributed by atoms with E-state index in [1.165, 1.54) is 0 Å². The third kappa shape index (κ3) is 4.08. The molecule has 0 radical (unpaired) electrons. The van der Waals surface area contributed by atoms with Gasteiger partial charge in [0, 0.05) is 24.9 Å². The summed E-state index contributed by atoms with van der Waals surface area (Å²) in [6.45, 7) is 1.99. The molecule has 0 aliphatic heterocycles. The molecule has 0 fully saturated rings. The van der Waals surface area contributed by atoms with E-state index in [1.807, 2.05) is 0 Å². The van der Waals surface area contributed by atoms with Crippen LogP contribution < -0.4 is 5.32 Å². The SMILES string of the molecule is CC(CC(=O)O)C(=O)NCc1ccncc1. The Balaban J connectivity index is 2.38. The standard InChI is InChI=1S/C11H14N2O3/c1-8(6-10(14)15)11(16)13-7-9-2-4-12-5-3-9/h2-5,8H,6-7H2,1H3,(H,13,16)(H,14,15). The van der Waals surface area contributed by atoms with Crippen molar-refractivity contribution in [1.82, 2.24) is 10.3 Å². The van der Waals surface area contributed by atoms with E-state index in [-0.39, 0.29) is 12.3 Å². The minimum Gasteiger partial charge on any atom is -0.481 e. The molecule has 5 nitrogen and oxygen atoms in total. The fourth-order valence-electron chi connectivity index (χ4n) is 1.22. The van der Waals surface area contributed by atoms with Gasteiger partial charge >= 0.3 is 5.97 Å². The number of carboxylic acid groups (broad SMARTS) is 1. The maximum absolute atomic E-state index is 11.5. The summed E-state index contributed by atoms with van der Waals surface area (Å²) in [7, 11) is 0. The van der Waals surface area contributed by atoms with E-state index in [4.69, 9.17) is 5.11 Å². The smallest absolute Gasteiger partial charge is 0.304 e. The first kappa shape index (κ1) is 12.2. The van der Waals surface area contributed by atoms with Gasteiger partial charge in [0.05, 0.1) is 6.42 Å². The second kappa shape index (κ2) is 5.85. The van der Waals surface area contributed by atoms with Gasteiger partial charge in [-0.1, -0.05) is 6.92 Å². The van der Waals surface area contributed by atoms with Crippen molar-refractivity contribution in [3.63, 3.8) is 0 Å². The largest absolute Gasteiger partial charge is 0.481 e. The predicted molar refractivity (Wildman–Crippen MR) is 57.5 cm³/mol. The van der Waals surface area contributed by atoms with Gasteiger partial charge in [-0.25, -0.2) is 0 Å². The Morgan fingerprint density at radius 1 is 1.44 bits per heavy atom. The Labute approximate surface area is 93.5 Å². The Kier molecular flexibility index (Phi) is 4.44. The molecule has 1 rings (SSSR count). The monoisotopic (exact) mass is 222 g/mol. The van der Waals surface area contributed by atoms with Gasteiger partial charge in [0.1, 0.15) is 0 Å². The first-order valence-corrected chi connectivity index (χ1v) is 4.98. The van der Waals surface area contributed by atoms with Crippen LogP contribution in [-0.4, -0.2) is 22.0 Å². The Hall–Kier alpha value is -1.91. The quantitative estimate of drug-likeness (QED) is 0.772. The van der Waals surface area contributed by atoms with Crippen molar-refractivity contribution < 1.29 is 14.7 Å². The number of hydrogen-bond donors (Lipinski definition) is 2. The molecule has 1 unspecified atom stereocenters. The first-order valence-electron chi connectivity index (χ1n) is 4.98. The number of aromatic nitrogens is 1. The molecule has 86 valence electrons. The van der Waals surface area contributed by atoms with Gasteiger partial charge in [-0.05, 0) is 17.7 Å². The normalized spacial score (nSPS) is 11.8. The zero-order valence-electron chi connectivity index (χ0n) is 9.01. The van der Waals surface area contributed by atoms with E-state index in [0.717, 1.165) is 5.56 Å². The highest BCUT2D eigenvalue weighted by Crippen LogP contribution is 2.02. The molecule has 0 aliphatic carbocycles. The zero-order chi connectivity index (χ0) is 12.0.